The molecule has 174 valence electrons. The molecule has 3 aromatic rings. The van der Waals surface area contributed by atoms with Crippen molar-refractivity contribution >= 4 is 28.3 Å². The van der Waals surface area contributed by atoms with Gasteiger partial charge in [0.1, 0.15) is 11.6 Å². The first-order chi connectivity index (χ1) is 15.7. The van der Waals surface area contributed by atoms with Crippen LogP contribution in [-0.4, -0.2) is 34.9 Å². The van der Waals surface area contributed by atoms with E-state index in [0.29, 0.717) is 5.92 Å². The molecule has 1 aromatic heterocycles. The Morgan fingerprint density at radius 3 is 2.45 bits per heavy atom. The predicted octanol–water partition coefficient (Wildman–Crippen LogP) is 5.36. The van der Waals surface area contributed by atoms with E-state index in [1.165, 1.54) is 5.56 Å². The normalized spacial score (nSPS) is 19.3. The first-order valence-electron chi connectivity index (χ1n) is 11.8. The van der Waals surface area contributed by atoms with Crippen molar-refractivity contribution in [1.29, 1.82) is 0 Å². The lowest BCUT2D eigenvalue weighted by Crippen LogP contribution is -2.31. The summed E-state index contributed by atoms with van der Waals surface area (Å²) in [6.45, 7) is 6.12. The van der Waals surface area contributed by atoms with Gasteiger partial charge in [-0.25, -0.2) is 9.97 Å². The lowest BCUT2D eigenvalue weighted by molar-refractivity contribution is -0.134. The summed E-state index contributed by atoms with van der Waals surface area (Å²) in [7, 11) is 3.70. The Morgan fingerprint density at radius 1 is 1.06 bits per heavy atom. The summed E-state index contributed by atoms with van der Waals surface area (Å²) >= 11 is 0. The Bertz CT molecular complexity index is 1140. The van der Waals surface area contributed by atoms with Crippen LogP contribution in [0.1, 0.15) is 67.1 Å². The second-order valence-electron chi connectivity index (χ2n) is 9.72. The summed E-state index contributed by atoms with van der Waals surface area (Å²) in [6, 6.07) is 12.8. The van der Waals surface area contributed by atoms with E-state index in [4.69, 9.17) is 10.7 Å². The van der Waals surface area contributed by atoms with Gasteiger partial charge in [-0.05, 0) is 93.3 Å². The van der Waals surface area contributed by atoms with Crippen LogP contribution in [-0.2, 0) is 4.79 Å². The zero-order valence-corrected chi connectivity index (χ0v) is 20.4. The van der Waals surface area contributed by atoms with Crippen LogP contribution in [0.15, 0.2) is 36.4 Å². The number of nitrogens with zero attached hydrogens (tertiary/aromatic N) is 3. The fourth-order valence-electron chi connectivity index (χ4n) is 5.05. The Kier molecular flexibility index (Phi) is 6.54. The van der Waals surface area contributed by atoms with Crippen molar-refractivity contribution in [3.8, 4) is 0 Å². The van der Waals surface area contributed by atoms with Gasteiger partial charge < -0.3 is 16.0 Å². The van der Waals surface area contributed by atoms with E-state index in [-0.39, 0.29) is 17.9 Å². The van der Waals surface area contributed by atoms with Gasteiger partial charge in [0.2, 0.25) is 5.91 Å². The summed E-state index contributed by atoms with van der Waals surface area (Å²) in [5, 5.41) is 4.64. The SMILES string of the molecule is Cc1cc(N)cc([C@H](C)Nc2nc(C)nc3ccc(C4CCC(C(=O)N(C)C)CC4)cc23)c1. The van der Waals surface area contributed by atoms with Gasteiger partial charge in [0.25, 0.3) is 0 Å². The number of fused-ring (bicyclic) bond motifs is 1. The fraction of sp³-hybridized carbons (Fsp3) is 0.444. The molecule has 1 heterocycles. The molecule has 1 aliphatic carbocycles. The minimum Gasteiger partial charge on any atom is -0.399 e. The van der Waals surface area contributed by atoms with Crippen LogP contribution in [0.2, 0.25) is 0 Å². The number of nitrogen functional groups attached to an aromatic ring is 1. The first kappa shape index (κ1) is 23.0. The van der Waals surface area contributed by atoms with Crippen molar-refractivity contribution in [1.82, 2.24) is 14.9 Å². The number of aromatic nitrogens is 2. The second kappa shape index (κ2) is 9.38. The maximum absolute atomic E-state index is 12.3. The average Bonchev–Trinajstić information content (AvgIpc) is 2.77. The summed E-state index contributed by atoms with van der Waals surface area (Å²) in [5.41, 5.74) is 11.4. The maximum atomic E-state index is 12.3. The molecule has 1 saturated carbocycles. The fourth-order valence-corrected chi connectivity index (χ4v) is 5.05. The molecule has 0 saturated heterocycles. The van der Waals surface area contributed by atoms with E-state index in [9.17, 15) is 4.79 Å². The van der Waals surface area contributed by atoms with Crippen LogP contribution >= 0.6 is 0 Å². The number of carbonyl (C=O) groups is 1. The van der Waals surface area contributed by atoms with Crippen LogP contribution < -0.4 is 11.1 Å². The zero-order valence-electron chi connectivity index (χ0n) is 20.4. The number of hydrogen-bond acceptors (Lipinski definition) is 5. The Morgan fingerprint density at radius 2 is 1.79 bits per heavy atom. The molecule has 33 heavy (non-hydrogen) atoms. The van der Waals surface area contributed by atoms with Gasteiger partial charge in [-0.15, -0.1) is 0 Å². The molecule has 0 spiro atoms. The van der Waals surface area contributed by atoms with E-state index in [2.05, 4.69) is 48.4 Å². The highest BCUT2D eigenvalue weighted by Crippen LogP contribution is 2.38. The van der Waals surface area contributed by atoms with Crippen LogP contribution in [0, 0.1) is 19.8 Å². The lowest BCUT2D eigenvalue weighted by atomic mass is 9.78. The van der Waals surface area contributed by atoms with Crippen LogP contribution in [0.5, 0.6) is 0 Å². The van der Waals surface area contributed by atoms with E-state index < -0.39 is 0 Å². The Hall–Kier alpha value is -3.15. The molecular formula is C27H35N5O. The molecule has 0 unspecified atom stereocenters. The maximum Gasteiger partial charge on any atom is 0.225 e. The average molecular weight is 446 g/mol. The van der Waals surface area contributed by atoms with Gasteiger partial charge in [-0.2, -0.15) is 0 Å². The van der Waals surface area contributed by atoms with Crippen LogP contribution in [0.4, 0.5) is 11.5 Å². The molecular weight excluding hydrogens is 410 g/mol. The highest BCUT2D eigenvalue weighted by atomic mass is 16.2. The number of rotatable bonds is 5. The third-order valence-corrected chi connectivity index (χ3v) is 6.80. The smallest absolute Gasteiger partial charge is 0.225 e. The molecule has 1 amide bonds. The minimum atomic E-state index is 0.0563. The number of carbonyl (C=O) groups excluding carboxylic acids is 1. The van der Waals surface area contributed by atoms with Crippen molar-refractivity contribution in [3.63, 3.8) is 0 Å². The number of nitrogens with two attached hydrogens (primary N) is 1. The molecule has 0 aliphatic heterocycles. The second-order valence-corrected chi connectivity index (χ2v) is 9.72. The summed E-state index contributed by atoms with van der Waals surface area (Å²) < 4.78 is 0. The number of anilines is 2. The topological polar surface area (TPSA) is 84.1 Å². The molecule has 2 aromatic carbocycles. The monoisotopic (exact) mass is 445 g/mol. The molecule has 1 fully saturated rings. The van der Waals surface area contributed by atoms with Gasteiger partial charge in [0.05, 0.1) is 11.6 Å². The number of nitrogens with one attached hydrogen (secondary N) is 1. The number of benzene rings is 2. The minimum absolute atomic E-state index is 0.0563. The summed E-state index contributed by atoms with van der Waals surface area (Å²) in [6.07, 6.45) is 3.95. The molecule has 1 aliphatic rings. The Balaban J connectivity index is 1.59. The first-order valence-corrected chi connectivity index (χ1v) is 11.8. The van der Waals surface area contributed by atoms with Crippen LogP contribution in [0.3, 0.4) is 0 Å². The van der Waals surface area contributed by atoms with Crippen molar-refractivity contribution in [2.45, 2.75) is 58.4 Å². The summed E-state index contributed by atoms with van der Waals surface area (Å²) in [5.74, 6) is 2.47. The van der Waals surface area contributed by atoms with Crippen molar-refractivity contribution in [2.75, 3.05) is 25.1 Å². The van der Waals surface area contributed by atoms with E-state index in [1.54, 1.807) is 4.90 Å². The highest BCUT2D eigenvalue weighted by Gasteiger charge is 2.28. The molecule has 6 heteroatoms. The molecule has 0 bridgehead atoms. The predicted molar refractivity (Wildman–Crippen MR) is 135 cm³/mol. The molecule has 0 radical (unpaired) electrons. The van der Waals surface area contributed by atoms with Gasteiger partial charge in [-0.1, -0.05) is 12.1 Å². The third-order valence-electron chi connectivity index (χ3n) is 6.80. The third kappa shape index (κ3) is 5.10. The largest absolute Gasteiger partial charge is 0.399 e. The number of aryl methyl sites for hydroxylation is 2. The number of amides is 1. The zero-order chi connectivity index (χ0) is 23.7. The van der Waals surface area contributed by atoms with Crippen molar-refractivity contribution in [2.24, 2.45) is 5.92 Å². The van der Waals surface area contributed by atoms with E-state index in [0.717, 1.165) is 65.0 Å². The van der Waals surface area contributed by atoms with Crippen molar-refractivity contribution < 1.29 is 4.79 Å². The van der Waals surface area contributed by atoms with Crippen LogP contribution in [0.25, 0.3) is 10.9 Å². The quantitative estimate of drug-likeness (QED) is 0.516. The lowest BCUT2D eigenvalue weighted by Gasteiger charge is -2.29. The Labute approximate surface area is 196 Å². The van der Waals surface area contributed by atoms with Gasteiger partial charge in [0.15, 0.2) is 0 Å². The number of hydrogen-bond donors (Lipinski definition) is 2. The van der Waals surface area contributed by atoms with Gasteiger partial charge >= 0.3 is 0 Å². The molecule has 4 rings (SSSR count). The summed E-state index contributed by atoms with van der Waals surface area (Å²) in [4.78, 5) is 23.5. The van der Waals surface area contributed by atoms with Gasteiger partial charge in [-0.3, -0.25) is 4.79 Å². The highest BCUT2D eigenvalue weighted by molar-refractivity contribution is 5.90. The molecule has 1 atom stereocenters. The van der Waals surface area contributed by atoms with Gasteiger partial charge in [0, 0.05) is 31.1 Å². The molecule has 3 N–H and O–H groups in total. The van der Waals surface area contributed by atoms with Crippen molar-refractivity contribution in [3.05, 3.63) is 58.9 Å². The van der Waals surface area contributed by atoms with E-state index in [1.807, 2.05) is 33.2 Å². The molecule has 6 nitrogen and oxygen atoms in total. The standard InChI is InChI=1S/C27H35N5O/c1-16-12-22(14-23(28)13-16)17(2)29-26-24-15-21(10-11-25(24)30-18(3)31-26)19-6-8-20(9-7-19)27(33)32(4)5/h10-15,17,19-20H,6-9,28H2,1-5H3,(H,29,30,31)/t17-,19?,20?/m0/s1. The van der Waals surface area contributed by atoms with E-state index >= 15 is 0 Å².